The van der Waals surface area contributed by atoms with E-state index in [9.17, 15) is 0 Å². The molecule has 0 atom stereocenters. The Balaban J connectivity index is -0.000000196. The summed E-state index contributed by atoms with van der Waals surface area (Å²) in [7, 11) is 0. The van der Waals surface area contributed by atoms with Crippen LogP contribution in [0.4, 0.5) is 0 Å². The van der Waals surface area contributed by atoms with E-state index in [0.29, 0.717) is 13.4 Å². The minimum absolute atomic E-state index is 0. The van der Waals surface area contributed by atoms with Crippen LogP contribution in [0.2, 0.25) is 26.3 Å². The normalized spacial score (nSPS) is 14.9. The van der Waals surface area contributed by atoms with Gasteiger partial charge in [0.1, 0.15) is 0 Å². The van der Waals surface area contributed by atoms with Crippen molar-refractivity contribution in [2.75, 3.05) is 0 Å². The van der Waals surface area contributed by atoms with E-state index in [2.05, 4.69) is 37.7 Å². The van der Waals surface area contributed by atoms with Crippen molar-refractivity contribution in [1.29, 1.82) is 0 Å². The van der Waals surface area contributed by atoms with Gasteiger partial charge in [-0.1, -0.05) is 26.3 Å². The third-order valence-electron chi connectivity index (χ3n) is 2.21. The molecule has 0 amide bonds. The average molecular weight is 344 g/mol. The molecule has 0 spiro atoms. The molecule has 2 aliphatic heterocycles. The van der Waals surface area contributed by atoms with E-state index in [1.165, 1.54) is 0 Å². The fourth-order valence-electron chi connectivity index (χ4n) is 1.28. The summed E-state index contributed by atoms with van der Waals surface area (Å²) in [5.41, 5.74) is 0. The van der Waals surface area contributed by atoms with E-state index in [4.69, 9.17) is 0 Å². The molecule has 0 radical (unpaired) electrons. The van der Waals surface area contributed by atoms with Crippen LogP contribution in [0.1, 0.15) is 0 Å². The van der Waals surface area contributed by atoms with Crippen molar-refractivity contribution in [3.63, 3.8) is 0 Å². The quantitative estimate of drug-likeness (QED) is 0.328. The molecule has 0 fully saturated rings. The minimum Gasteiger partial charge on any atom is -1.00 e. The van der Waals surface area contributed by atoms with Gasteiger partial charge in [-0.3, -0.25) is 0 Å². The van der Waals surface area contributed by atoms with Crippen LogP contribution in [0.3, 0.4) is 0 Å². The SMILES string of the molecule is CB1[C-]=CC=CC1.CB1[C-]=CC=CC1.[Cl-].[Cl-].[Zr+4]. The Bertz CT molecular complexity index is 248. The standard InChI is InChI=1S/2C6H8B.2ClH.Zr/c2*1-7-5-3-2-4-6-7;;;/h2*2-4H,5H2,1H3;2*1H;/q2*-1;;;+4/p-2. The molecular weight excluding hydrogens is 328 g/mol. The summed E-state index contributed by atoms with van der Waals surface area (Å²) in [5, 5.41) is 0. The Labute approximate surface area is 138 Å². The maximum Gasteiger partial charge on any atom is 4.00 e. The van der Waals surface area contributed by atoms with Crippen LogP contribution >= 0.6 is 0 Å². The summed E-state index contributed by atoms with van der Waals surface area (Å²) in [5.74, 6) is 6.34. The summed E-state index contributed by atoms with van der Waals surface area (Å²) < 4.78 is 0. The Kier molecular flexibility index (Phi) is 19.5. The zero-order chi connectivity index (χ0) is 10.2. The minimum atomic E-state index is 0. The Morgan fingerprint density at radius 1 is 0.824 bits per heavy atom. The van der Waals surface area contributed by atoms with Crippen LogP contribution in [-0.4, -0.2) is 13.4 Å². The summed E-state index contributed by atoms with van der Waals surface area (Å²) in [6, 6.07) is 0. The molecule has 0 aromatic rings. The molecule has 17 heavy (non-hydrogen) atoms. The van der Waals surface area contributed by atoms with Crippen molar-refractivity contribution in [1.82, 2.24) is 0 Å². The molecule has 0 aromatic heterocycles. The summed E-state index contributed by atoms with van der Waals surface area (Å²) >= 11 is 0. The van der Waals surface area contributed by atoms with Gasteiger partial charge >= 0.3 is 26.2 Å². The van der Waals surface area contributed by atoms with Crippen molar-refractivity contribution in [3.8, 4) is 0 Å². The second kappa shape index (κ2) is 14.6. The Morgan fingerprint density at radius 2 is 1.18 bits per heavy atom. The number of halogens is 2. The number of allylic oxidation sites excluding steroid dienone is 6. The third kappa shape index (κ3) is 12.8. The molecule has 0 nitrogen and oxygen atoms in total. The Morgan fingerprint density at radius 3 is 1.29 bits per heavy atom. The monoisotopic (exact) mass is 342 g/mol. The molecule has 0 unspecified atom stereocenters. The van der Waals surface area contributed by atoms with Gasteiger partial charge in [-0.25, -0.2) is 24.3 Å². The summed E-state index contributed by atoms with van der Waals surface area (Å²) in [6.07, 6.45) is 14.7. The molecule has 0 aliphatic carbocycles. The molecule has 2 rings (SSSR count). The van der Waals surface area contributed by atoms with Crippen molar-refractivity contribution in [2.45, 2.75) is 26.3 Å². The fourth-order valence-corrected chi connectivity index (χ4v) is 1.28. The van der Waals surface area contributed by atoms with Crippen LogP contribution < -0.4 is 24.8 Å². The van der Waals surface area contributed by atoms with E-state index < -0.39 is 0 Å². The third-order valence-corrected chi connectivity index (χ3v) is 2.21. The summed E-state index contributed by atoms with van der Waals surface area (Å²) in [4.78, 5) is 0. The van der Waals surface area contributed by atoms with Gasteiger partial charge in [-0.2, -0.15) is 12.2 Å². The second-order valence-corrected chi connectivity index (χ2v) is 3.80. The van der Waals surface area contributed by atoms with Gasteiger partial charge in [0.05, 0.1) is 13.4 Å². The largest absolute Gasteiger partial charge is 4.00 e. The van der Waals surface area contributed by atoms with Crippen molar-refractivity contribution < 1.29 is 51.0 Å². The first-order valence-electron chi connectivity index (χ1n) is 5.28. The number of hydrogen-bond donors (Lipinski definition) is 0. The van der Waals surface area contributed by atoms with Gasteiger partial charge in [-0.15, -0.1) is 0 Å². The van der Waals surface area contributed by atoms with Crippen molar-refractivity contribution >= 4 is 13.4 Å². The first-order valence-corrected chi connectivity index (χ1v) is 5.28. The first-order chi connectivity index (χ1) is 6.79. The van der Waals surface area contributed by atoms with Crippen molar-refractivity contribution in [3.05, 3.63) is 48.4 Å². The molecule has 0 saturated carbocycles. The zero-order valence-electron chi connectivity index (χ0n) is 10.3. The molecule has 5 heteroatoms. The predicted molar refractivity (Wildman–Crippen MR) is 66.8 cm³/mol. The van der Waals surface area contributed by atoms with E-state index >= 15 is 0 Å². The first kappa shape index (κ1) is 22.7. The van der Waals surface area contributed by atoms with Gasteiger partial charge in [0.2, 0.25) is 0 Å². The smallest absolute Gasteiger partial charge is 1.00 e. The molecule has 0 N–H and O–H groups in total. The number of hydrogen-bond acceptors (Lipinski definition) is 0. The van der Waals surface area contributed by atoms with Crippen LogP contribution in [0.5, 0.6) is 0 Å². The van der Waals surface area contributed by atoms with Crippen LogP contribution in [0.15, 0.2) is 36.5 Å². The number of rotatable bonds is 0. The molecule has 2 heterocycles. The van der Waals surface area contributed by atoms with Gasteiger partial charge < -0.3 is 36.8 Å². The summed E-state index contributed by atoms with van der Waals surface area (Å²) in [6.45, 7) is 5.62. The van der Waals surface area contributed by atoms with Crippen LogP contribution in [0.25, 0.3) is 0 Å². The molecule has 0 bridgehead atoms. The molecule has 2 aliphatic rings. The van der Waals surface area contributed by atoms with Gasteiger partial charge in [-0.05, 0) is 0 Å². The average Bonchev–Trinajstić information content (AvgIpc) is 2.21. The van der Waals surface area contributed by atoms with E-state index in [1.807, 2.05) is 24.3 Å². The molecule has 0 saturated heterocycles. The topological polar surface area (TPSA) is 0 Å². The maximum atomic E-state index is 3.17. The van der Waals surface area contributed by atoms with Crippen LogP contribution in [0, 0.1) is 12.0 Å². The fraction of sp³-hybridized carbons (Fsp3) is 0.333. The van der Waals surface area contributed by atoms with Gasteiger partial charge in [0.25, 0.3) is 0 Å². The Hall–Kier alpha value is 0.553. The molecule has 88 valence electrons. The molecular formula is C12H16B2Cl2Zr. The maximum absolute atomic E-state index is 3.17. The van der Waals surface area contributed by atoms with E-state index in [1.54, 1.807) is 0 Å². The van der Waals surface area contributed by atoms with Gasteiger partial charge in [0.15, 0.2) is 0 Å². The second-order valence-electron chi connectivity index (χ2n) is 3.80. The van der Waals surface area contributed by atoms with E-state index in [0.717, 1.165) is 12.6 Å². The van der Waals surface area contributed by atoms with E-state index in [-0.39, 0.29) is 51.0 Å². The van der Waals surface area contributed by atoms with Gasteiger partial charge in [0, 0.05) is 0 Å². The van der Waals surface area contributed by atoms with Crippen molar-refractivity contribution in [2.24, 2.45) is 0 Å². The predicted octanol–water partition coefficient (Wildman–Crippen LogP) is -2.84. The van der Waals surface area contributed by atoms with Crippen LogP contribution in [-0.2, 0) is 26.2 Å². The molecule has 0 aromatic carbocycles. The zero-order valence-corrected chi connectivity index (χ0v) is 14.3.